The topological polar surface area (TPSA) is 98.4 Å². The monoisotopic (exact) mass is 450 g/mol. The molecule has 2 N–H and O–H groups in total. The number of amides is 1. The maximum Gasteiger partial charge on any atom is 0.412 e. The number of nitrogens with one attached hydrogen (secondary N) is 1. The highest BCUT2D eigenvalue weighted by atomic mass is 16.6. The molecular formula is C25H30N4O4. The Morgan fingerprint density at radius 3 is 2.42 bits per heavy atom. The highest BCUT2D eigenvalue weighted by Crippen LogP contribution is 2.34. The van der Waals surface area contributed by atoms with Gasteiger partial charge in [-0.1, -0.05) is 37.3 Å². The number of alkyl carbamates (subject to hydrolysis) is 1. The number of nitrogens with zero attached hydrogens (tertiary/aromatic N) is 3. The van der Waals surface area contributed by atoms with Gasteiger partial charge in [-0.15, -0.1) is 0 Å². The zero-order chi connectivity index (χ0) is 24.3. The van der Waals surface area contributed by atoms with Crippen molar-refractivity contribution in [2.75, 3.05) is 0 Å². The van der Waals surface area contributed by atoms with Crippen LogP contribution in [0.3, 0.4) is 0 Å². The molecule has 0 aliphatic rings. The predicted molar refractivity (Wildman–Crippen MR) is 128 cm³/mol. The van der Waals surface area contributed by atoms with E-state index in [9.17, 15) is 14.7 Å². The normalized spacial score (nSPS) is 13.0. The van der Waals surface area contributed by atoms with Gasteiger partial charge >= 0.3 is 6.09 Å². The number of carbonyl (C=O) groups is 1. The number of aryl methyl sites for hydroxylation is 2. The third-order valence-electron chi connectivity index (χ3n) is 5.08. The Balaban J connectivity index is 2.16. The molecule has 33 heavy (non-hydrogen) atoms. The highest BCUT2D eigenvalue weighted by Gasteiger charge is 2.25. The van der Waals surface area contributed by atoms with Crippen LogP contribution in [0.1, 0.15) is 55.9 Å². The zero-order valence-corrected chi connectivity index (χ0v) is 19.8. The first-order valence-electron chi connectivity index (χ1n) is 10.6. The lowest BCUT2D eigenvalue weighted by Crippen LogP contribution is -2.33. The van der Waals surface area contributed by atoms with Crippen molar-refractivity contribution < 1.29 is 14.6 Å². The van der Waals surface area contributed by atoms with Crippen molar-refractivity contribution in [1.82, 2.24) is 19.7 Å². The molecule has 8 nitrogen and oxygen atoms in total. The number of aromatic hydroxyl groups is 1. The number of hydrogen-bond donors (Lipinski definition) is 2. The number of pyridine rings is 1. The van der Waals surface area contributed by atoms with Gasteiger partial charge in [-0.3, -0.25) is 14.8 Å². The fourth-order valence-electron chi connectivity index (χ4n) is 3.50. The molecule has 0 saturated heterocycles. The standard InChI is InChI=1S/C25H30N4O4/c1-16(18-10-8-7-9-11-18)19-15-28(5)23(31)21(22(19)30)20(12-17-13-26-29(6)14-17)27-24(32)33-25(2,3)4/h7-16,30H,1-6H3,(H,27,32)/b20-12-. The summed E-state index contributed by atoms with van der Waals surface area (Å²) in [6.45, 7) is 7.19. The van der Waals surface area contributed by atoms with E-state index in [1.54, 1.807) is 64.2 Å². The average molecular weight is 451 g/mol. The van der Waals surface area contributed by atoms with Gasteiger partial charge in [0, 0.05) is 43.5 Å². The maximum absolute atomic E-state index is 13.2. The fraction of sp³-hybridized carbons (Fsp3) is 0.320. The highest BCUT2D eigenvalue weighted by molar-refractivity contribution is 5.91. The largest absolute Gasteiger partial charge is 0.507 e. The van der Waals surface area contributed by atoms with E-state index in [1.165, 1.54) is 4.57 Å². The first-order chi connectivity index (χ1) is 15.5. The first kappa shape index (κ1) is 23.8. The van der Waals surface area contributed by atoms with Crippen molar-refractivity contribution in [2.45, 2.75) is 39.2 Å². The van der Waals surface area contributed by atoms with E-state index in [2.05, 4.69) is 10.4 Å². The number of aromatic nitrogens is 3. The number of carbonyl (C=O) groups excluding carboxylic acids is 1. The summed E-state index contributed by atoms with van der Waals surface area (Å²) in [7, 11) is 3.37. The second-order valence-corrected chi connectivity index (χ2v) is 8.99. The van der Waals surface area contributed by atoms with E-state index in [1.807, 2.05) is 37.3 Å². The quantitative estimate of drug-likeness (QED) is 0.612. The van der Waals surface area contributed by atoms with Crippen LogP contribution in [-0.4, -0.2) is 31.1 Å². The van der Waals surface area contributed by atoms with Gasteiger partial charge < -0.3 is 14.4 Å². The second-order valence-electron chi connectivity index (χ2n) is 8.99. The van der Waals surface area contributed by atoms with Gasteiger partial charge in [-0.05, 0) is 32.4 Å². The van der Waals surface area contributed by atoms with Crippen LogP contribution in [0.25, 0.3) is 11.8 Å². The summed E-state index contributed by atoms with van der Waals surface area (Å²) in [6, 6.07) is 9.68. The second kappa shape index (κ2) is 9.36. The van der Waals surface area contributed by atoms with E-state index in [-0.39, 0.29) is 22.9 Å². The van der Waals surface area contributed by atoms with Crippen molar-refractivity contribution in [3.63, 3.8) is 0 Å². The van der Waals surface area contributed by atoms with Crippen LogP contribution < -0.4 is 10.9 Å². The van der Waals surface area contributed by atoms with Crippen molar-refractivity contribution >= 4 is 17.9 Å². The molecular weight excluding hydrogens is 420 g/mol. The number of rotatable bonds is 5. The molecule has 0 fully saturated rings. The Bertz CT molecular complexity index is 1230. The van der Waals surface area contributed by atoms with Gasteiger partial charge in [0.25, 0.3) is 5.56 Å². The summed E-state index contributed by atoms with van der Waals surface area (Å²) in [6.07, 6.45) is 5.79. The number of benzene rings is 1. The molecule has 8 heteroatoms. The molecule has 3 rings (SSSR count). The predicted octanol–water partition coefficient (Wildman–Crippen LogP) is 4.00. The SMILES string of the molecule is CC(c1ccccc1)c1cn(C)c(=O)c(/C(=C/c2cnn(C)c2)NC(=O)OC(C)(C)C)c1O. The molecule has 0 aliphatic heterocycles. The molecule has 2 heterocycles. The molecule has 174 valence electrons. The Morgan fingerprint density at radius 1 is 1.18 bits per heavy atom. The van der Waals surface area contributed by atoms with Gasteiger partial charge in [0.2, 0.25) is 0 Å². The molecule has 0 bridgehead atoms. The molecule has 2 aromatic heterocycles. The zero-order valence-electron chi connectivity index (χ0n) is 19.8. The van der Waals surface area contributed by atoms with Crippen molar-refractivity contribution in [3.05, 3.63) is 81.5 Å². The minimum absolute atomic E-state index is 0.0208. The van der Waals surface area contributed by atoms with E-state index in [0.29, 0.717) is 11.1 Å². The first-order valence-corrected chi connectivity index (χ1v) is 10.6. The lowest BCUT2D eigenvalue weighted by Gasteiger charge is -2.22. The van der Waals surface area contributed by atoms with E-state index < -0.39 is 17.3 Å². The van der Waals surface area contributed by atoms with Crippen molar-refractivity contribution in [3.8, 4) is 5.75 Å². The number of ether oxygens (including phenoxy) is 1. The van der Waals surface area contributed by atoms with Gasteiger partial charge in [0.05, 0.1) is 11.9 Å². The molecule has 1 atom stereocenters. The van der Waals surface area contributed by atoms with Crippen LogP contribution in [0, 0.1) is 0 Å². The Kier molecular flexibility index (Phi) is 6.76. The molecule has 0 saturated carbocycles. The lowest BCUT2D eigenvalue weighted by atomic mass is 9.92. The Hall–Kier alpha value is -3.81. The third kappa shape index (κ3) is 5.71. The summed E-state index contributed by atoms with van der Waals surface area (Å²) in [4.78, 5) is 25.8. The molecule has 1 unspecified atom stereocenters. The molecule has 1 aromatic carbocycles. The van der Waals surface area contributed by atoms with Crippen molar-refractivity contribution in [2.24, 2.45) is 14.1 Å². The third-order valence-corrected chi connectivity index (χ3v) is 5.08. The van der Waals surface area contributed by atoms with Gasteiger partial charge in [-0.2, -0.15) is 5.10 Å². The van der Waals surface area contributed by atoms with Gasteiger partial charge in [0.1, 0.15) is 16.9 Å². The summed E-state index contributed by atoms with van der Waals surface area (Å²) < 4.78 is 8.39. The average Bonchev–Trinajstić information content (AvgIpc) is 3.14. The van der Waals surface area contributed by atoms with Crippen LogP contribution in [0.4, 0.5) is 4.79 Å². The molecule has 1 amide bonds. The van der Waals surface area contributed by atoms with Gasteiger partial charge in [0.15, 0.2) is 0 Å². The van der Waals surface area contributed by atoms with Crippen molar-refractivity contribution in [1.29, 1.82) is 0 Å². The minimum Gasteiger partial charge on any atom is -0.507 e. The van der Waals surface area contributed by atoms with E-state index in [0.717, 1.165) is 5.56 Å². The Labute approximate surface area is 193 Å². The van der Waals surface area contributed by atoms with Crippen LogP contribution >= 0.6 is 0 Å². The maximum atomic E-state index is 13.2. The van der Waals surface area contributed by atoms with Crippen LogP contribution in [-0.2, 0) is 18.8 Å². The minimum atomic E-state index is -0.736. The molecule has 3 aromatic rings. The summed E-state index contributed by atoms with van der Waals surface area (Å²) in [5.41, 5.74) is 1.09. The summed E-state index contributed by atoms with van der Waals surface area (Å²) >= 11 is 0. The fourth-order valence-corrected chi connectivity index (χ4v) is 3.50. The lowest BCUT2D eigenvalue weighted by molar-refractivity contribution is 0.0558. The van der Waals surface area contributed by atoms with Crippen LogP contribution in [0.2, 0.25) is 0 Å². The molecule has 0 radical (unpaired) electrons. The van der Waals surface area contributed by atoms with Crippen LogP contribution in [0.15, 0.2) is 53.7 Å². The Morgan fingerprint density at radius 2 is 1.85 bits per heavy atom. The van der Waals surface area contributed by atoms with Crippen LogP contribution in [0.5, 0.6) is 5.75 Å². The smallest absolute Gasteiger partial charge is 0.412 e. The molecule has 0 aliphatic carbocycles. The van der Waals surface area contributed by atoms with Gasteiger partial charge in [-0.25, -0.2) is 4.79 Å². The van der Waals surface area contributed by atoms with E-state index >= 15 is 0 Å². The molecule has 0 spiro atoms. The van der Waals surface area contributed by atoms with E-state index in [4.69, 9.17) is 4.74 Å². The summed E-state index contributed by atoms with van der Waals surface area (Å²) in [5, 5.41) is 18.0. The summed E-state index contributed by atoms with van der Waals surface area (Å²) in [5.74, 6) is -0.390. The number of hydrogen-bond acceptors (Lipinski definition) is 5.